The van der Waals surface area contributed by atoms with Crippen molar-refractivity contribution in [2.45, 2.75) is 66.4 Å². The molecule has 0 heterocycles. The Morgan fingerprint density at radius 3 is 2.07 bits per heavy atom. The molecular formula is C12H28OSi. The Morgan fingerprint density at radius 2 is 1.71 bits per heavy atom. The predicted molar refractivity (Wildman–Crippen MR) is 67.6 cm³/mol. The molecule has 86 valence electrons. The van der Waals surface area contributed by atoms with Gasteiger partial charge in [-0.25, -0.2) is 0 Å². The maximum absolute atomic E-state index is 5.65. The third-order valence-corrected chi connectivity index (χ3v) is 3.15. The maximum Gasteiger partial charge on any atom is 0.146 e. The Kier molecular flexibility index (Phi) is 6.71. The molecule has 1 nitrogen and oxygen atoms in total. The van der Waals surface area contributed by atoms with Crippen LogP contribution in [0.4, 0.5) is 0 Å². The van der Waals surface area contributed by atoms with Crippen LogP contribution in [0.25, 0.3) is 0 Å². The zero-order valence-electron chi connectivity index (χ0n) is 10.9. The Labute approximate surface area is 93.2 Å². The first-order chi connectivity index (χ1) is 6.35. The minimum Gasteiger partial charge on any atom is -0.425 e. The second kappa shape index (κ2) is 6.62. The summed E-state index contributed by atoms with van der Waals surface area (Å²) < 4.78 is 5.65. The summed E-state index contributed by atoms with van der Waals surface area (Å²) in [7, 11) is 0.879. The van der Waals surface area contributed by atoms with Crippen molar-refractivity contribution >= 4 is 10.5 Å². The van der Waals surface area contributed by atoms with Crippen LogP contribution in [0.2, 0.25) is 0 Å². The molecule has 0 aromatic heterocycles. The van der Waals surface area contributed by atoms with Crippen LogP contribution in [0.15, 0.2) is 0 Å². The molecule has 0 amide bonds. The van der Waals surface area contributed by atoms with E-state index in [9.17, 15) is 0 Å². The molecule has 0 bridgehead atoms. The lowest BCUT2D eigenvalue weighted by atomic mass is 9.87. The molecule has 0 spiro atoms. The van der Waals surface area contributed by atoms with Crippen LogP contribution in [-0.2, 0) is 4.43 Å². The molecule has 0 aliphatic rings. The van der Waals surface area contributed by atoms with E-state index in [4.69, 9.17) is 4.43 Å². The second-order valence-corrected chi connectivity index (χ2v) is 6.42. The topological polar surface area (TPSA) is 9.23 Å². The van der Waals surface area contributed by atoms with Crippen molar-refractivity contribution in [3.05, 3.63) is 0 Å². The first-order valence-corrected chi connectivity index (χ1v) is 6.69. The van der Waals surface area contributed by atoms with Gasteiger partial charge in [0.15, 0.2) is 0 Å². The van der Waals surface area contributed by atoms with Gasteiger partial charge in [0, 0.05) is 6.10 Å². The molecule has 0 rings (SSSR count). The molecule has 0 N–H and O–H groups in total. The average Bonchev–Trinajstić information content (AvgIpc) is 1.99. The Hall–Kier alpha value is 0.177. The molecule has 0 saturated heterocycles. The van der Waals surface area contributed by atoms with Gasteiger partial charge in [-0.1, -0.05) is 47.5 Å². The predicted octanol–water partition coefficient (Wildman–Crippen LogP) is 2.91. The molecule has 1 unspecified atom stereocenters. The highest BCUT2D eigenvalue weighted by Gasteiger charge is 2.17. The fraction of sp³-hybridized carbons (Fsp3) is 1.00. The van der Waals surface area contributed by atoms with E-state index in [1.54, 1.807) is 0 Å². The van der Waals surface area contributed by atoms with E-state index in [2.05, 4.69) is 34.6 Å². The average molecular weight is 216 g/mol. The van der Waals surface area contributed by atoms with E-state index in [1.165, 1.54) is 25.7 Å². The molecular weight excluding hydrogens is 188 g/mol. The van der Waals surface area contributed by atoms with Crippen LogP contribution in [-0.4, -0.2) is 16.6 Å². The summed E-state index contributed by atoms with van der Waals surface area (Å²) in [5, 5.41) is 0. The normalized spacial score (nSPS) is 15.0. The highest BCUT2D eigenvalue weighted by molar-refractivity contribution is 5.98. The summed E-state index contributed by atoms with van der Waals surface area (Å²) in [4.78, 5) is 0. The largest absolute Gasteiger partial charge is 0.425 e. The van der Waals surface area contributed by atoms with E-state index < -0.39 is 0 Å². The number of rotatable bonds is 6. The summed E-state index contributed by atoms with van der Waals surface area (Å²) >= 11 is 0. The third-order valence-electron chi connectivity index (χ3n) is 2.48. The lowest BCUT2D eigenvalue weighted by molar-refractivity contribution is 0.143. The van der Waals surface area contributed by atoms with Crippen LogP contribution in [0.5, 0.6) is 0 Å². The fourth-order valence-corrected chi connectivity index (χ4v) is 2.14. The van der Waals surface area contributed by atoms with Gasteiger partial charge in [-0.15, -0.1) is 0 Å². The summed E-state index contributed by atoms with van der Waals surface area (Å²) in [6, 6.07) is 0. The molecule has 1 atom stereocenters. The molecule has 0 saturated carbocycles. The molecule has 0 aromatic rings. The Balaban J connectivity index is 3.69. The zero-order valence-corrected chi connectivity index (χ0v) is 12.9. The van der Waals surface area contributed by atoms with Crippen molar-refractivity contribution < 1.29 is 4.43 Å². The standard InChI is InChI=1S/C12H28OSi/c1-10(2)7-6-8-11(13-14)9-12(3,4)5/h10-11H,6-9H2,1-5,14H3. The monoisotopic (exact) mass is 216 g/mol. The van der Waals surface area contributed by atoms with Crippen LogP contribution >= 0.6 is 0 Å². The Bertz CT molecular complexity index is 138. The van der Waals surface area contributed by atoms with Gasteiger partial charge in [0.25, 0.3) is 0 Å². The van der Waals surface area contributed by atoms with E-state index in [-0.39, 0.29) is 0 Å². The summed E-state index contributed by atoms with van der Waals surface area (Å²) in [5.41, 5.74) is 0.410. The van der Waals surface area contributed by atoms with E-state index in [0.717, 1.165) is 16.4 Å². The first-order valence-electron chi connectivity index (χ1n) is 5.88. The van der Waals surface area contributed by atoms with Crippen LogP contribution in [0.1, 0.15) is 60.3 Å². The summed E-state index contributed by atoms with van der Waals surface area (Å²) in [5.74, 6) is 0.833. The molecule has 0 aromatic carbocycles. The van der Waals surface area contributed by atoms with Crippen LogP contribution < -0.4 is 0 Å². The quantitative estimate of drug-likeness (QED) is 0.620. The van der Waals surface area contributed by atoms with E-state index in [1.807, 2.05) is 0 Å². The van der Waals surface area contributed by atoms with Gasteiger partial charge in [-0.3, -0.25) is 0 Å². The van der Waals surface area contributed by atoms with Crippen molar-refractivity contribution in [1.29, 1.82) is 0 Å². The maximum atomic E-state index is 5.65. The number of hydrogen-bond acceptors (Lipinski definition) is 1. The summed E-state index contributed by atoms with van der Waals surface area (Å²) in [6.07, 6.45) is 5.63. The van der Waals surface area contributed by atoms with Gasteiger partial charge in [0.05, 0.1) is 0 Å². The van der Waals surface area contributed by atoms with Gasteiger partial charge >= 0.3 is 0 Å². The molecule has 0 aliphatic heterocycles. The summed E-state index contributed by atoms with van der Waals surface area (Å²) in [6.45, 7) is 11.5. The van der Waals surface area contributed by atoms with Crippen molar-refractivity contribution in [1.82, 2.24) is 0 Å². The molecule has 0 aliphatic carbocycles. The lowest BCUT2D eigenvalue weighted by Gasteiger charge is -2.25. The highest BCUT2D eigenvalue weighted by Crippen LogP contribution is 2.24. The van der Waals surface area contributed by atoms with Crippen LogP contribution in [0.3, 0.4) is 0 Å². The highest BCUT2D eigenvalue weighted by atomic mass is 28.2. The van der Waals surface area contributed by atoms with Crippen molar-refractivity contribution in [2.24, 2.45) is 11.3 Å². The molecule has 0 fully saturated rings. The lowest BCUT2D eigenvalue weighted by Crippen LogP contribution is -2.20. The van der Waals surface area contributed by atoms with E-state index >= 15 is 0 Å². The molecule has 0 radical (unpaired) electrons. The minimum atomic E-state index is 0.410. The van der Waals surface area contributed by atoms with E-state index in [0.29, 0.717) is 11.5 Å². The van der Waals surface area contributed by atoms with Gasteiger partial charge in [-0.05, 0) is 24.2 Å². The SMILES string of the molecule is CC(C)CCCC(CC(C)(C)C)O[SiH3]. The first kappa shape index (κ1) is 14.2. The van der Waals surface area contributed by atoms with Crippen molar-refractivity contribution in [3.8, 4) is 0 Å². The fourth-order valence-electron chi connectivity index (χ4n) is 1.74. The minimum absolute atomic E-state index is 0.410. The second-order valence-electron chi connectivity index (χ2n) is 5.95. The van der Waals surface area contributed by atoms with Gasteiger partial charge < -0.3 is 4.43 Å². The smallest absolute Gasteiger partial charge is 0.146 e. The van der Waals surface area contributed by atoms with Crippen molar-refractivity contribution in [3.63, 3.8) is 0 Å². The molecule has 14 heavy (non-hydrogen) atoms. The van der Waals surface area contributed by atoms with Gasteiger partial charge in [0.2, 0.25) is 0 Å². The number of hydrogen-bond donors (Lipinski definition) is 0. The zero-order chi connectivity index (χ0) is 11.2. The van der Waals surface area contributed by atoms with Gasteiger partial charge in [0.1, 0.15) is 10.5 Å². The van der Waals surface area contributed by atoms with Crippen molar-refractivity contribution in [2.75, 3.05) is 0 Å². The Morgan fingerprint density at radius 1 is 1.14 bits per heavy atom. The third kappa shape index (κ3) is 8.76. The van der Waals surface area contributed by atoms with Gasteiger partial charge in [-0.2, -0.15) is 0 Å². The molecule has 2 heteroatoms. The van der Waals surface area contributed by atoms with Crippen LogP contribution in [0, 0.1) is 11.3 Å².